The largest absolute Gasteiger partial charge is 0.379 e. The molecule has 2 aromatic heterocycles. The molecule has 1 aliphatic heterocycles. The number of hydrogen-bond acceptors (Lipinski definition) is 4. The Labute approximate surface area is 193 Å². The molecule has 0 bridgehead atoms. The van der Waals surface area contributed by atoms with E-state index in [0.29, 0.717) is 31.9 Å². The molecule has 1 aliphatic rings. The van der Waals surface area contributed by atoms with Crippen LogP contribution in [0.1, 0.15) is 27.3 Å². The highest BCUT2D eigenvalue weighted by molar-refractivity contribution is 5.94. The Hall–Kier alpha value is -3.51. The van der Waals surface area contributed by atoms with Gasteiger partial charge in [0.2, 0.25) is 0 Å². The van der Waals surface area contributed by atoms with E-state index >= 15 is 0 Å². The van der Waals surface area contributed by atoms with Gasteiger partial charge in [0.25, 0.3) is 5.91 Å². The Morgan fingerprint density at radius 2 is 1.97 bits per heavy atom. The van der Waals surface area contributed by atoms with Crippen LogP contribution >= 0.6 is 0 Å². The van der Waals surface area contributed by atoms with Gasteiger partial charge in [-0.15, -0.1) is 0 Å². The van der Waals surface area contributed by atoms with Crippen LogP contribution in [0, 0.1) is 19.8 Å². The van der Waals surface area contributed by atoms with Crippen molar-refractivity contribution in [3.63, 3.8) is 0 Å². The zero-order valence-corrected chi connectivity index (χ0v) is 19.1. The number of pyridine rings is 1. The number of aryl methyl sites for hydroxylation is 2. The zero-order valence-electron chi connectivity index (χ0n) is 19.1. The van der Waals surface area contributed by atoms with E-state index in [1.807, 2.05) is 72.1 Å². The summed E-state index contributed by atoms with van der Waals surface area (Å²) in [4.78, 5) is 19.9. The van der Waals surface area contributed by atoms with Crippen molar-refractivity contribution in [2.24, 2.45) is 5.92 Å². The first-order valence-corrected chi connectivity index (χ1v) is 11.4. The van der Waals surface area contributed by atoms with Crippen LogP contribution in [-0.2, 0) is 11.2 Å². The molecule has 2 aromatic carbocycles. The Morgan fingerprint density at radius 3 is 2.82 bits per heavy atom. The van der Waals surface area contributed by atoms with Crippen LogP contribution in [0.15, 0.2) is 66.9 Å². The average molecular weight is 441 g/mol. The quantitative estimate of drug-likeness (QED) is 0.473. The molecule has 6 heteroatoms. The molecule has 33 heavy (non-hydrogen) atoms. The van der Waals surface area contributed by atoms with Crippen molar-refractivity contribution in [2.75, 3.05) is 26.3 Å². The minimum Gasteiger partial charge on any atom is -0.379 e. The summed E-state index contributed by atoms with van der Waals surface area (Å²) in [5, 5.41) is 5.73. The summed E-state index contributed by atoms with van der Waals surface area (Å²) in [6.45, 7) is 6.45. The summed E-state index contributed by atoms with van der Waals surface area (Å²) in [5.41, 5.74) is 5.83. The van der Waals surface area contributed by atoms with E-state index in [0.717, 1.165) is 29.0 Å². The van der Waals surface area contributed by atoms with Crippen LogP contribution < -0.4 is 0 Å². The Morgan fingerprint density at radius 1 is 1.09 bits per heavy atom. The van der Waals surface area contributed by atoms with E-state index < -0.39 is 0 Å². The summed E-state index contributed by atoms with van der Waals surface area (Å²) in [5.74, 6) is 0.259. The minimum absolute atomic E-state index is 0.0356. The molecule has 5 rings (SSSR count). The second-order valence-corrected chi connectivity index (χ2v) is 8.77. The van der Waals surface area contributed by atoms with E-state index in [4.69, 9.17) is 4.74 Å². The zero-order chi connectivity index (χ0) is 22.8. The van der Waals surface area contributed by atoms with Gasteiger partial charge in [-0.2, -0.15) is 5.10 Å². The third kappa shape index (κ3) is 4.52. The van der Waals surface area contributed by atoms with Crippen molar-refractivity contribution < 1.29 is 9.53 Å². The normalized spacial score (nSPS) is 16.7. The van der Waals surface area contributed by atoms with Gasteiger partial charge in [0.1, 0.15) is 0 Å². The third-order valence-electron chi connectivity index (χ3n) is 6.22. The smallest absolute Gasteiger partial charge is 0.254 e. The Balaban J connectivity index is 1.36. The van der Waals surface area contributed by atoms with E-state index in [-0.39, 0.29) is 11.8 Å². The van der Waals surface area contributed by atoms with Crippen molar-refractivity contribution in [3.8, 4) is 5.69 Å². The van der Waals surface area contributed by atoms with Gasteiger partial charge in [-0.1, -0.05) is 24.3 Å². The fraction of sp³-hybridized carbons (Fsp3) is 0.296. The van der Waals surface area contributed by atoms with Gasteiger partial charge in [0, 0.05) is 41.8 Å². The maximum Gasteiger partial charge on any atom is 0.254 e. The number of hydrogen-bond donors (Lipinski definition) is 0. The molecule has 4 aromatic rings. The topological polar surface area (TPSA) is 60.2 Å². The molecule has 0 spiro atoms. The summed E-state index contributed by atoms with van der Waals surface area (Å²) >= 11 is 0. The molecule has 1 atom stereocenters. The predicted octanol–water partition coefficient (Wildman–Crippen LogP) is 4.37. The maximum atomic E-state index is 13.5. The molecular weight excluding hydrogens is 412 g/mol. The molecule has 6 nitrogen and oxygen atoms in total. The highest BCUT2D eigenvalue weighted by atomic mass is 16.5. The average Bonchev–Trinajstić information content (AvgIpc) is 3.02. The first-order valence-electron chi connectivity index (χ1n) is 11.4. The van der Waals surface area contributed by atoms with Crippen LogP contribution in [0.2, 0.25) is 0 Å². The molecule has 1 amide bonds. The van der Waals surface area contributed by atoms with E-state index in [1.54, 1.807) is 0 Å². The highest BCUT2D eigenvalue weighted by Gasteiger charge is 2.24. The molecule has 0 radical (unpaired) electrons. The fourth-order valence-corrected chi connectivity index (χ4v) is 4.69. The third-order valence-corrected chi connectivity index (χ3v) is 6.22. The van der Waals surface area contributed by atoms with Gasteiger partial charge < -0.3 is 9.64 Å². The summed E-state index contributed by atoms with van der Waals surface area (Å²) in [6.07, 6.45) is 2.67. The van der Waals surface area contributed by atoms with Crippen molar-refractivity contribution in [1.82, 2.24) is 19.7 Å². The van der Waals surface area contributed by atoms with E-state index in [2.05, 4.69) is 28.3 Å². The number of rotatable bonds is 4. The van der Waals surface area contributed by atoms with Gasteiger partial charge in [0.15, 0.2) is 0 Å². The minimum atomic E-state index is 0.0356. The lowest BCUT2D eigenvalue weighted by atomic mass is 9.96. The number of fused-ring (bicyclic) bond motifs is 1. The first-order chi connectivity index (χ1) is 16.1. The van der Waals surface area contributed by atoms with Crippen molar-refractivity contribution in [1.29, 1.82) is 0 Å². The molecule has 1 unspecified atom stereocenters. The molecule has 1 fully saturated rings. The van der Waals surface area contributed by atoms with Crippen molar-refractivity contribution in [3.05, 3.63) is 89.4 Å². The number of benzene rings is 2. The van der Waals surface area contributed by atoms with Gasteiger partial charge in [-0.3, -0.25) is 9.78 Å². The van der Waals surface area contributed by atoms with Crippen LogP contribution in [0.25, 0.3) is 16.6 Å². The molecule has 1 saturated heterocycles. The van der Waals surface area contributed by atoms with Crippen LogP contribution in [0.5, 0.6) is 0 Å². The number of aromatic nitrogens is 3. The second-order valence-electron chi connectivity index (χ2n) is 8.77. The summed E-state index contributed by atoms with van der Waals surface area (Å²) < 4.78 is 7.78. The number of nitrogens with zero attached hydrogens (tertiary/aromatic N) is 4. The SMILES string of the molecule is Cc1cc(C)n(-c2cccc(C(=O)N3CCOCC(Cc4cccc5ncccc45)C3)c2)n1. The number of carbonyl (C=O) groups excluding carboxylic acids is 1. The van der Waals surface area contributed by atoms with E-state index in [1.165, 1.54) is 10.9 Å². The van der Waals surface area contributed by atoms with Gasteiger partial charge in [-0.25, -0.2) is 4.68 Å². The molecule has 0 saturated carbocycles. The Kier molecular flexibility index (Phi) is 5.92. The fourth-order valence-electron chi connectivity index (χ4n) is 4.69. The van der Waals surface area contributed by atoms with Crippen LogP contribution in [0.4, 0.5) is 0 Å². The molecule has 3 heterocycles. The predicted molar refractivity (Wildman–Crippen MR) is 129 cm³/mol. The van der Waals surface area contributed by atoms with Crippen LogP contribution in [0.3, 0.4) is 0 Å². The molecule has 168 valence electrons. The maximum absolute atomic E-state index is 13.5. The standard InChI is InChI=1S/C27H28N4O2/c1-19-14-20(2)31(29-19)24-8-3-7-23(16-24)27(32)30-12-13-33-18-21(17-30)15-22-6-4-10-26-25(22)9-5-11-28-26/h3-11,14,16,21H,12-13,15,17-18H2,1-2H3. The summed E-state index contributed by atoms with van der Waals surface area (Å²) in [6, 6.07) is 20.1. The number of amides is 1. The lowest BCUT2D eigenvalue weighted by Crippen LogP contribution is -2.36. The van der Waals surface area contributed by atoms with Crippen molar-refractivity contribution in [2.45, 2.75) is 20.3 Å². The van der Waals surface area contributed by atoms with Gasteiger partial charge >= 0.3 is 0 Å². The van der Waals surface area contributed by atoms with Gasteiger partial charge in [0.05, 0.1) is 30.1 Å². The Bertz CT molecular complexity index is 1290. The second kappa shape index (κ2) is 9.16. The van der Waals surface area contributed by atoms with Gasteiger partial charge in [-0.05, 0) is 62.2 Å². The van der Waals surface area contributed by atoms with E-state index in [9.17, 15) is 4.79 Å². The molecule has 0 N–H and O–H groups in total. The first kappa shape index (κ1) is 21.3. The van der Waals surface area contributed by atoms with Crippen LogP contribution in [-0.4, -0.2) is 51.9 Å². The van der Waals surface area contributed by atoms with Crippen molar-refractivity contribution >= 4 is 16.8 Å². The molecular formula is C27H28N4O2. The molecule has 0 aliphatic carbocycles. The lowest BCUT2D eigenvalue weighted by molar-refractivity contribution is 0.0737. The summed E-state index contributed by atoms with van der Waals surface area (Å²) in [7, 11) is 0. The number of carbonyl (C=O) groups is 1. The number of ether oxygens (including phenoxy) is 1. The highest BCUT2D eigenvalue weighted by Crippen LogP contribution is 2.23. The lowest BCUT2D eigenvalue weighted by Gasteiger charge is -2.24. The monoisotopic (exact) mass is 440 g/mol.